The average Bonchev–Trinajstić information content (AvgIpc) is 2.72. The Morgan fingerprint density at radius 1 is 1.18 bits per heavy atom. The van der Waals surface area contributed by atoms with Crippen LogP contribution < -0.4 is 5.73 Å². The van der Waals surface area contributed by atoms with Gasteiger partial charge in [0.1, 0.15) is 12.1 Å². The SMILES string of the molecule is CCc1ncnc(-c2ccc(C(=O)OC)c(Cl)c2)c1C#Cc1ccc(N)nc1. The van der Waals surface area contributed by atoms with Crippen molar-refractivity contribution >= 4 is 23.4 Å². The molecule has 0 amide bonds. The van der Waals surface area contributed by atoms with Crippen LogP contribution in [0.3, 0.4) is 0 Å². The van der Waals surface area contributed by atoms with Crippen molar-refractivity contribution in [2.75, 3.05) is 12.8 Å². The summed E-state index contributed by atoms with van der Waals surface area (Å²) >= 11 is 6.27. The number of aromatic nitrogens is 3. The van der Waals surface area contributed by atoms with Crippen LogP contribution in [0.5, 0.6) is 0 Å². The lowest BCUT2D eigenvalue weighted by atomic mass is 10.0. The van der Waals surface area contributed by atoms with Gasteiger partial charge in [-0.1, -0.05) is 36.4 Å². The first-order chi connectivity index (χ1) is 13.5. The number of pyridine rings is 1. The second-order valence-electron chi connectivity index (χ2n) is 5.81. The van der Waals surface area contributed by atoms with E-state index in [1.165, 1.54) is 13.4 Å². The molecular weight excluding hydrogens is 376 g/mol. The van der Waals surface area contributed by atoms with Gasteiger partial charge in [0.15, 0.2) is 0 Å². The summed E-state index contributed by atoms with van der Waals surface area (Å²) in [6.45, 7) is 2.00. The van der Waals surface area contributed by atoms with Gasteiger partial charge in [-0.05, 0) is 30.7 Å². The molecule has 0 unspecified atom stereocenters. The fraction of sp³-hybridized carbons (Fsp3) is 0.143. The van der Waals surface area contributed by atoms with Crippen LogP contribution in [0.25, 0.3) is 11.3 Å². The summed E-state index contributed by atoms with van der Waals surface area (Å²) in [5, 5.41) is 0.280. The Balaban J connectivity index is 2.09. The van der Waals surface area contributed by atoms with E-state index in [9.17, 15) is 4.79 Å². The molecule has 0 atom stereocenters. The minimum atomic E-state index is -0.496. The van der Waals surface area contributed by atoms with Crippen LogP contribution in [-0.4, -0.2) is 28.0 Å². The molecule has 3 aromatic rings. The molecule has 0 bridgehead atoms. The minimum absolute atomic E-state index is 0.280. The zero-order valence-electron chi connectivity index (χ0n) is 15.4. The molecule has 1 aromatic carbocycles. The zero-order valence-corrected chi connectivity index (χ0v) is 16.1. The highest BCUT2D eigenvalue weighted by Gasteiger charge is 2.15. The Labute approximate surface area is 167 Å². The van der Waals surface area contributed by atoms with Gasteiger partial charge in [-0.15, -0.1) is 0 Å². The van der Waals surface area contributed by atoms with Gasteiger partial charge in [-0.2, -0.15) is 0 Å². The summed E-state index contributed by atoms with van der Waals surface area (Å²) in [6.07, 6.45) is 3.79. The number of aryl methyl sites for hydroxylation is 1. The molecule has 0 aliphatic heterocycles. The first-order valence-corrected chi connectivity index (χ1v) is 8.87. The maximum Gasteiger partial charge on any atom is 0.339 e. The largest absolute Gasteiger partial charge is 0.465 e. The number of nitrogens with zero attached hydrogens (tertiary/aromatic N) is 3. The zero-order chi connectivity index (χ0) is 20.1. The summed E-state index contributed by atoms with van der Waals surface area (Å²) in [4.78, 5) is 24.5. The van der Waals surface area contributed by atoms with E-state index in [0.29, 0.717) is 29.1 Å². The number of esters is 1. The second kappa shape index (κ2) is 8.51. The Hall–Kier alpha value is -3.43. The predicted octanol–water partition coefficient (Wildman–Crippen LogP) is 3.52. The first kappa shape index (κ1) is 19.3. The van der Waals surface area contributed by atoms with Crippen molar-refractivity contribution < 1.29 is 9.53 Å². The molecule has 0 fully saturated rings. The van der Waals surface area contributed by atoms with E-state index in [-0.39, 0.29) is 5.02 Å². The van der Waals surface area contributed by atoms with Crippen LogP contribution in [0.1, 0.15) is 34.1 Å². The summed E-state index contributed by atoms with van der Waals surface area (Å²) in [7, 11) is 1.31. The van der Waals surface area contributed by atoms with Gasteiger partial charge >= 0.3 is 5.97 Å². The van der Waals surface area contributed by atoms with Crippen LogP contribution in [0.2, 0.25) is 5.02 Å². The lowest BCUT2D eigenvalue weighted by Crippen LogP contribution is -2.03. The number of nitrogen functional groups attached to an aromatic ring is 1. The van der Waals surface area contributed by atoms with E-state index in [1.54, 1.807) is 36.5 Å². The monoisotopic (exact) mass is 392 g/mol. The topological polar surface area (TPSA) is 91.0 Å². The maximum absolute atomic E-state index is 11.8. The van der Waals surface area contributed by atoms with Crippen molar-refractivity contribution in [3.05, 3.63) is 70.3 Å². The maximum atomic E-state index is 11.8. The fourth-order valence-corrected chi connectivity index (χ4v) is 2.85. The molecular formula is C21H17ClN4O2. The summed E-state index contributed by atoms with van der Waals surface area (Å²) in [5.41, 5.74) is 9.51. The average molecular weight is 393 g/mol. The third-order valence-corrected chi connectivity index (χ3v) is 4.34. The Morgan fingerprint density at radius 2 is 2.00 bits per heavy atom. The smallest absolute Gasteiger partial charge is 0.339 e. The minimum Gasteiger partial charge on any atom is -0.465 e. The first-order valence-electron chi connectivity index (χ1n) is 8.49. The number of nitrogens with two attached hydrogens (primary N) is 1. The number of ether oxygens (including phenoxy) is 1. The molecule has 3 rings (SSSR count). The molecule has 0 saturated carbocycles. The van der Waals surface area contributed by atoms with Crippen molar-refractivity contribution in [3.8, 4) is 23.1 Å². The third kappa shape index (κ3) is 4.11. The Morgan fingerprint density at radius 3 is 2.64 bits per heavy atom. The summed E-state index contributed by atoms with van der Waals surface area (Å²) in [5.74, 6) is 6.15. The highest BCUT2D eigenvalue weighted by atomic mass is 35.5. The Bertz CT molecular complexity index is 1090. The van der Waals surface area contributed by atoms with Gasteiger partial charge in [0.25, 0.3) is 0 Å². The predicted molar refractivity (Wildman–Crippen MR) is 108 cm³/mol. The fourth-order valence-electron chi connectivity index (χ4n) is 2.59. The van der Waals surface area contributed by atoms with Crippen LogP contribution in [0.4, 0.5) is 5.82 Å². The standard InChI is InChI=1S/C21H17ClN4O2/c1-3-18-16(7-4-13-5-9-19(23)24-11-13)20(26-12-25-18)14-6-8-15(17(22)10-14)21(27)28-2/h5-6,8-12H,3H2,1-2H3,(H2,23,24). The van der Waals surface area contributed by atoms with Crippen LogP contribution in [0.15, 0.2) is 42.9 Å². The lowest BCUT2D eigenvalue weighted by molar-refractivity contribution is 0.0601. The van der Waals surface area contributed by atoms with E-state index in [4.69, 9.17) is 22.1 Å². The van der Waals surface area contributed by atoms with Crippen molar-refractivity contribution in [3.63, 3.8) is 0 Å². The number of rotatable bonds is 3. The van der Waals surface area contributed by atoms with Gasteiger partial charge in [-0.25, -0.2) is 19.7 Å². The highest BCUT2D eigenvalue weighted by molar-refractivity contribution is 6.33. The van der Waals surface area contributed by atoms with Gasteiger partial charge < -0.3 is 10.5 Å². The molecule has 0 radical (unpaired) electrons. The van der Waals surface area contributed by atoms with Crippen LogP contribution >= 0.6 is 11.6 Å². The van der Waals surface area contributed by atoms with Gasteiger partial charge in [0, 0.05) is 17.3 Å². The normalized spacial score (nSPS) is 10.1. The van der Waals surface area contributed by atoms with Crippen LogP contribution in [0, 0.1) is 11.8 Å². The van der Waals surface area contributed by atoms with Gasteiger partial charge in [-0.3, -0.25) is 0 Å². The molecule has 7 heteroatoms. The van der Waals surface area contributed by atoms with E-state index in [2.05, 4.69) is 26.8 Å². The molecule has 0 spiro atoms. The third-order valence-electron chi connectivity index (χ3n) is 4.03. The number of methoxy groups -OCH3 is 1. The summed E-state index contributed by atoms with van der Waals surface area (Å²) in [6, 6.07) is 8.53. The number of halogens is 1. The molecule has 0 saturated heterocycles. The van der Waals surface area contributed by atoms with E-state index >= 15 is 0 Å². The number of benzene rings is 1. The van der Waals surface area contributed by atoms with E-state index in [0.717, 1.165) is 16.8 Å². The number of carbonyl (C=O) groups is 1. The molecule has 6 nitrogen and oxygen atoms in total. The van der Waals surface area contributed by atoms with Crippen molar-refractivity contribution in [2.45, 2.75) is 13.3 Å². The number of carbonyl (C=O) groups excluding carboxylic acids is 1. The summed E-state index contributed by atoms with van der Waals surface area (Å²) < 4.78 is 4.73. The van der Waals surface area contributed by atoms with Crippen LogP contribution in [-0.2, 0) is 11.2 Å². The molecule has 2 heterocycles. The van der Waals surface area contributed by atoms with E-state index < -0.39 is 5.97 Å². The molecule has 140 valence electrons. The van der Waals surface area contributed by atoms with Gasteiger partial charge in [0.2, 0.25) is 0 Å². The number of hydrogen-bond acceptors (Lipinski definition) is 6. The van der Waals surface area contributed by atoms with Crippen molar-refractivity contribution in [2.24, 2.45) is 0 Å². The molecule has 0 aliphatic rings. The van der Waals surface area contributed by atoms with Crippen molar-refractivity contribution in [1.82, 2.24) is 15.0 Å². The van der Waals surface area contributed by atoms with Gasteiger partial charge in [0.05, 0.1) is 34.6 Å². The number of anilines is 1. The molecule has 0 aliphatic carbocycles. The second-order valence-corrected chi connectivity index (χ2v) is 6.21. The van der Waals surface area contributed by atoms with Crippen molar-refractivity contribution in [1.29, 1.82) is 0 Å². The van der Waals surface area contributed by atoms with E-state index in [1.807, 2.05) is 6.92 Å². The molecule has 2 aromatic heterocycles. The Kier molecular flexibility index (Phi) is 5.87. The molecule has 28 heavy (non-hydrogen) atoms. The lowest BCUT2D eigenvalue weighted by Gasteiger charge is -2.09. The highest BCUT2D eigenvalue weighted by Crippen LogP contribution is 2.28. The molecule has 2 N–H and O–H groups in total. The number of hydrogen-bond donors (Lipinski definition) is 1. The quantitative estimate of drug-likeness (QED) is 0.541.